The zero-order valence-electron chi connectivity index (χ0n) is 14.7. The van der Waals surface area contributed by atoms with Crippen LogP contribution in [-0.2, 0) is 12.7 Å². The molecule has 0 aliphatic heterocycles. The van der Waals surface area contributed by atoms with Gasteiger partial charge >= 0.3 is 12.1 Å². The predicted octanol–water partition coefficient (Wildman–Crippen LogP) is 5.19. The summed E-state index contributed by atoms with van der Waals surface area (Å²) in [5, 5.41) is 16.7. The van der Waals surface area contributed by atoms with E-state index in [-0.39, 0.29) is 26.8 Å². The van der Waals surface area contributed by atoms with Crippen molar-refractivity contribution in [2.45, 2.75) is 12.7 Å². The maximum Gasteiger partial charge on any atom is 0.426 e. The highest BCUT2D eigenvalue weighted by Crippen LogP contribution is 2.43. The molecule has 12 heteroatoms. The molecule has 7 nitrogen and oxygen atoms in total. The number of carbonyl (C=O) groups is 1. The number of alkyl halides is 3. The highest BCUT2D eigenvalue weighted by Gasteiger charge is 2.36. The Labute approximate surface area is 178 Å². The maximum absolute atomic E-state index is 13.0. The summed E-state index contributed by atoms with van der Waals surface area (Å²) in [6.07, 6.45) is -2.91. The Balaban J connectivity index is 1.52. The van der Waals surface area contributed by atoms with Crippen molar-refractivity contribution >= 4 is 33.2 Å². The van der Waals surface area contributed by atoms with E-state index >= 15 is 0 Å². The molecule has 0 fully saturated rings. The number of carboxylic acid groups (broad SMARTS) is 1. The Hall–Kier alpha value is -2.99. The molecular formula is C18H10BrF3N4O3S. The van der Waals surface area contributed by atoms with Gasteiger partial charge in [-0.05, 0) is 33.6 Å². The maximum atomic E-state index is 13.0. The molecular weight excluding hydrogens is 489 g/mol. The smallest absolute Gasteiger partial charge is 0.426 e. The topological polar surface area (TPSA) is 94.0 Å². The van der Waals surface area contributed by atoms with E-state index in [1.807, 2.05) is 0 Å². The van der Waals surface area contributed by atoms with Crippen molar-refractivity contribution in [1.29, 1.82) is 0 Å². The molecule has 0 saturated heterocycles. The van der Waals surface area contributed by atoms with E-state index in [0.717, 1.165) is 5.56 Å². The van der Waals surface area contributed by atoms with Crippen LogP contribution in [0.3, 0.4) is 0 Å². The molecule has 1 N–H and O–H groups in total. The van der Waals surface area contributed by atoms with Crippen molar-refractivity contribution < 1.29 is 27.6 Å². The molecule has 0 radical (unpaired) electrons. The monoisotopic (exact) mass is 498 g/mol. The van der Waals surface area contributed by atoms with E-state index in [1.54, 1.807) is 30.5 Å². The van der Waals surface area contributed by atoms with Crippen molar-refractivity contribution in [3.63, 3.8) is 0 Å². The molecule has 0 saturated carbocycles. The number of aromatic nitrogens is 4. The van der Waals surface area contributed by atoms with Gasteiger partial charge in [-0.2, -0.15) is 23.3 Å². The molecule has 4 rings (SSSR count). The zero-order chi connectivity index (χ0) is 21.5. The first-order valence-electron chi connectivity index (χ1n) is 8.27. The summed E-state index contributed by atoms with van der Waals surface area (Å²) in [6, 6.07) is 9.75. The minimum atomic E-state index is -4.47. The lowest BCUT2D eigenvalue weighted by molar-refractivity contribution is -0.134. The Bertz CT molecular complexity index is 1210. The van der Waals surface area contributed by atoms with Crippen molar-refractivity contribution in [3.8, 4) is 22.2 Å². The highest BCUT2D eigenvalue weighted by atomic mass is 79.9. The molecule has 0 amide bonds. The fourth-order valence-electron chi connectivity index (χ4n) is 2.62. The van der Waals surface area contributed by atoms with Gasteiger partial charge in [-0.3, -0.25) is 4.68 Å². The molecule has 0 spiro atoms. The van der Waals surface area contributed by atoms with Gasteiger partial charge < -0.3 is 9.63 Å². The van der Waals surface area contributed by atoms with Crippen molar-refractivity contribution in [1.82, 2.24) is 19.9 Å². The number of thiophene rings is 1. The summed E-state index contributed by atoms with van der Waals surface area (Å²) in [7, 11) is 0. The number of carboxylic acids is 1. The predicted molar refractivity (Wildman–Crippen MR) is 104 cm³/mol. The van der Waals surface area contributed by atoms with E-state index in [0.29, 0.717) is 23.4 Å². The first-order valence-corrected chi connectivity index (χ1v) is 9.88. The molecule has 1 aromatic carbocycles. The third-order valence-electron chi connectivity index (χ3n) is 4.00. The summed E-state index contributed by atoms with van der Waals surface area (Å²) in [6.45, 7) is 0.370. The number of nitrogens with zero attached hydrogens (tertiary/aromatic N) is 4. The van der Waals surface area contributed by atoms with E-state index in [4.69, 9.17) is 9.63 Å². The summed E-state index contributed by atoms with van der Waals surface area (Å²) >= 11 is 3.42. The van der Waals surface area contributed by atoms with Crippen molar-refractivity contribution in [2.24, 2.45) is 0 Å². The molecule has 154 valence electrons. The van der Waals surface area contributed by atoms with Crippen molar-refractivity contribution in [3.05, 3.63) is 63.2 Å². The molecule has 0 aliphatic rings. The van der Waals surface area contributed by atoms with Crippen LogP contribution in [0.15, 0.2) is 51.6 Å². The van der Waals surface area contributed by atoms with Crippen LogP contribution in [0, 0.1) is 0 Å². The third-order valence-corrected chi connectivity index (χ3v) is 6.05. The van der Waals surface area contributed by atoms with Gasteiger partial charge in [0, 0.05) is 16.2 Å². The molecule has 30 heavy (non-hydrogen) atoms. The molecule has 0 bridgehead atoms. The lowest BCUT2D eigenvalue weighted by Crippen LogP contribution is -2.03. The molecule has 0 aliphatic carbocycles. The molecule has 3 aromatic heterocycles. The second-order valence-electron chi connectivity index (χ2n) is 6.11. The van der Waals surface area contributed by atoms with Crippen LogP contribution in [0.4, 0.5) is 13.2 Å². The van der Waals surface area contributed by atoms with Gasteiger partial charge in [-0.1, -0.05) is 29.4 Å². The minimum Gasteiger partial charge on any atom is -0.476 e. The van der Waals surface area contributed by atoms with Crippen LogP contribution in [0.1, 0.15) is 20.9 Å². The second kappa shape index (κ2) is 7.69. The van der Waals surface area contributed by atoms with E-state index in [9.17, 15) is 18.0 Å². The Kier molecular flexibility index (Phi) is 5.20. The quantitative estimate of drug-likeness (QED) is 0.406. The van der Waals surface area contributed by atoms with Crippen LogP contribution in [0.25, 0.3) is 22.2 Å². The zero-order valence-corrected chi connectivity index (χ0v) is 17.1. The van der Waals surface area contributed by atoms with Gasteiger partial charge in [0.25, 0.3) is 5.89 Å². The van der Waals surface area contributed by atoms with Gasteiger partial charge in [0.05, 0.1) is 11.4 Å². The van der Waals surface area contributed by atoms with Crippen LogP contribution in [-0.4, -0.2) is 31.0 Å². The van der Waals surface area contributed by atoms with Gasteiger partial charge in [-0.15, -0.1) is 11.3 Å². The molecule has 0 atom stereocenters. The lowest BCUT2D eigenvalue weighted by Gasteiger charge is -2.02. The Morgan fingerprint density at radius 1 is 1.23 bits per heavy atom. The number of benzene rings is 1. The average Bonchev–Trinajstić information content (AvgIpc) is 3.40. The van der Waals surface area contributed by atoms with Crippen LogP contribution in [0.2, 0.25) is 0 Å². The van der Waals surface area contributed by atoms with E-state index < -0.39 is 17.0 Å². The van der Waals surface area contributed by atoms with Crippen LogP contribution in [0.5, 0.6) is 0 Å². The van der Waals surface area contributed by atoms with Gasteiger partial charge in [0.2, 0.25) is 5.82 Å². The van der Waals surface area contributed by atoms with Gasteiger partial charge in [0.1, 0.15) is 4.88 Å². The van der Waals surface area contributed by atoms with E-state index in [2.05, 4.69) is 31.2 Å². The molecule has 4 aromatic rings. The second-order valence-corrected chi connectivity index (χ2v) is 8.02. The largest absolute Gasteiger partial charge is 0.476 e. The SMILES string of the molecule is O=C(O)c1ccn(Cc2ccc(-c3noc(-c4cc(Br)c(C(F)(F)F)s4)n3)cc2)n1. The van der Waals surface area contributed by atoms with Gasteiger partial charge in [-0.25, -0.2) is 4.79 Å². The lowest BCUT2D eigenvalue weighted by atomic mass is 10.1. The summed E-state index contributed by atoms with van der Waals surface area (Å²) < 4.78 is 45.4. The number of hydrogen-bond donors (Lipinski definition) is 1. The van der Waals surface area contributed by atoms with Crippen LogP contribution < -0.4 is 0 Å². The number of rotatable bonds is 5. The Morgan fingerprint density at radius 2 is 1.97 bits per heavy atom. The standard InChI is InChI=1S/C18H10BrF3N4O3S/c19-11-7-13(30-14(11)18(20,21)22)16-23-15(25-29-16)10-3-1-9(2-4-10)8-26-6-5-12(24-26)17(27)28/h1-7H,8H2,(H,27,28). The fourth-order valence-corrected chi connectivity index (χ4v) is 4.31. The summed E-state index contributed by atoms with van der Waals surface area (Å²) in [5.41, 5.74) is 1.44. The van der Waals surface area contributed by atoms with Crippen LogP contribution >= 0.6 is 27.3 Å². The normalized spacial score (nSPS) is 11.7. The fraction of sp³-hybridized carbons (Fsp3) is 0.111. The summed E-state index contributed by atoms with van der Waals surface area (Å²) in [4.78, 5) is 14.5. The molecule has 0 unspecified atom stereocenters. The van der Waals surface area contributed by atoms with Gasteiger partial charge in [0.15, 0.2) is 5.69 Å². The minimum absolute atomic E-state index is 0.00647. The number of hydrogen-bond acceptors (Lipinski definition) is 6. The average molecular weight is 499 g/mol. The number of aromatic carboxylic acids is 1. The third kappa shape index (κ3) is 4.14. The number of halogens is 4. The first kappa shape index (κ1) is 20.3. The summed E-state index contributed by atoms with van der Waals surface area (Å²) in [5.74, 6) is -0.868. The highest BCUT2D eigenvalue weighted by molar-refractivity contribution is 9.10. The van der Waals surface area contributed by atoms with E-state index in [1.165, 1.54) is 16.8 Å². The van der Waals surface area contributed by atoms with Crippen molar-refractivity contribution in [2.75, 3.05) is 0 Å². The Morgan fingerprint density at radius 3 is 2.57 bits per heavy atom. The first-order chi connectivity index (χ1) is 14.2. The molecule has 3 heterocycles.